The molecule has 3 rings (SSSR count). The number of nitrogens with zero attached hydrogens (tertiary/aromatic N) is 1. The minimum absolute atomic E-state index is 0.201. The van der Waals surface area contributed by atoms with Gasteiger partial charge in [-0.25, -0.2) is 0 Å². The molecule has 0 aliphatic carbocycles. The van der Waals surface area contributed by atoms with E-state index in [1.165, 1.54) is 6.92 Å². The summed E-state index contributed by atoms with van der Waals surface area (Å²) >= 11 is 0. The van der Waals surface area contributed by atoms with Crippen molar-refractivity contribution in [1.29, 1.82) is 0 Å². The normalized spacial score (nSPS) is 10.7. The molecule has 3 aromatic rings. The fourth-order valence-electron chi connectivity index (χ4n) is 2.50. The third kappa shape index (κ3) is 2.50. The van der Waals surface area contributed by atoms with Gasteiger partial charge in [0, 0.05) is 0 Å². The second-order valence-electron chi connectivity index (χ2n) is 5.05. The van der Waals surface area contributed by atoms with Gasteiger partial charge >= 0.3 is 0 Å². The molecular weight excluding hydrogens is 262 g/mol. The smallest absolute Gasteiger partial charge is 0.262 e. The van der Waals surface area contributed by atoms with Crippen LogP contribution in [0.4, 0.5) is 0 Å². The Balaban J connectivity index is 2.26. The number of hydrogen-bond acceptors (Lipinski definition) is 2. The first-order valence-corrected chi connectivity index (χ1v) is 6.84. The average molecular weight is 277 g/mol. The van der Waals surface area contributed by atoms with Gasteiger partial charge in [0.1, 0.15) is 0 Å². The van der Waals surface area contributed by atoms with Gasteiger partial charge in [0.15, 0.2) is 5.78 Å². The van der Waals surface area contributed by atoms with Gasteiger partial charge in [0.2, 0.25) is 0 Å². The van der Waals surface area contributed by atoms with Crippen LogP contribution in [0.3, 0.4) is 0 Å². The zero-order chi connectivity index (χ0) is 14.8. The van der Waals surface area contributed by atoms with Gasteiger partial charge in [0.25, 0.3) is 5.56 Å². The van der Waals surface area contributed by atoms with E-state index in [4.69, 9.17) is 0 Å². The molecule has 0 atom stereocenters. The lowest BCUT2D eigenvalue weighted by Gasteiger charge is -2.12. The third-order valence-corrected chi connectivity index (χ3v) is 3.57. The zero-order valence-corrected chi connectivity index (χ0v) is 11.7. The number of fused-ring (bicyclic) bond motifs is 1. The predicted octanol–water partition coefficient (Wildman–Crippen LogP) is 3.25. The molecular formula is C18H15NO2. The van der Waals surface area contributed by atoms with Crippen molar-refractivity contribution in [2.45, 2.75) is 13.5 Å². The lowest BCUT2D eigenvalue weighted by Crippen LogP contribution is -2.26. The van der Waals surface area contributed by atoms with E-state index in [0.717, 1.165) is 16.5 Å². The maximum atomic E-state index is 12.6. The molecule has 0 aliphatic heterocycles. The number of ketones is 1. The Hall–Kier alpha value is -2.68. The average Bonchev–Trinajstić information content (AvgIpc) is 2.50. The first-order chi connectivity index (χ1) is 10.2. The third-order valence-electron chi connectivity index (χ3n) is 3.57. The molecule has 0 fully saturated rings. The van der Waals surface area contributed by atoms with Crippen molar-refractivity contribution in [3.63, 3.8) is 0 Å². The SMILES string of the molecule is CC(=O)c1cc2ccccc2n(Cc2ccccc2)c1=O. The highest BCUT2D eigenvalue weighted by atomic mass is 16.1. The summed E-state index contributed by atoms with van der Waals surface area (Å²) in [7, 11) is 0. The Bertz CT molecular complexity index is 863. The number of carbonyl (C=O) groups is 1. The van der Waals surface area contributed by atoms with Gasteiger partial charge in [-0.3, -0.25) is 9.59 Å². The van der Waals surface area contributed by atoms with Crippen LogP contribution in [0, 0.1) is 0 Å². The summed E-state index contributed by atoms with van der Waals surface area (Å²) in [6.45, 7) is 1.89. The molecule has 2 aromatic carbocycles. The minimum Gasteiger partial charge on any atom is -0.303 e. The molecule has 0 amide bonds. The van der Waals surface area contributed by atoms with Gasteiger partial charge in [-0.05, 0) is 30.0 Å². The molecule has 3 heteroatoms. The van der Waals surface area contributed by atoms with Crippen molar-refractivity contribution in [3.05, 3.63) is 82.1 Å². The summed E-state index contributed by atoms with van der Waals surface area (Å²) in [5, 5.41) is 0.901. The van der Waals surface area contributed by atoms with E-state index in [1.807, 2.05) is 54.6 Å². The number of carbonyl (C=O) groups excluding carboxylic acids is 1. The number of hydrogen-bond donors (Lipinski definition) is 0. The zero-order valence-electron chi connectivity index (χ0n) is 11.7. The van der Waals surface area contributed by atoms with Crippen LogP contribution in [-0.4, -0.2) is 10.4 Å². The van der Waals surface area contributed by atoms with Crippen LogP contribution in [0.15, 0.2) is 65.5 Å². The van der Waals surface area contributed by atoms with Gasteiger partial charge in [-0.2, -0.15) is 0 Å². The Morgan fingerprint density at radius 3 is 2.38 bits per heavy atom. The molecule has 1 heterocycles. The molecule has 0 aliphatic rings. The van der Waals surface area contributed by atoms with Crippen LogP contribution in [0.2, 0.25) is 0 Å². The molecule has 21 heavy (non-hydrogen) atoms. The summed E-state index contributed by atoms with van der Waals surface area (Å²) < 4.78 is 1.67. The number of aromatic nitrogens is 1. The van der Waals surface area contributed by atoms with Crippen LogP contribution < -0.4 is 5.56 Å². The highest BCUT2D eigenvalue weighted by molar-refractivity contribution is 5.97. The predicted molar refractivity (Wildman–Crippen MR) is 83.8 cm³/mol. The lowest BCUT2D eigenvalue weighted by atomic mass is 10.1. The topological polar surface area (TPSA) is 39.1 Å². The fraction of sp³-hybridized carbons (Fsp3) is 0.111. The standard InChI is InChI=1S/C18H15NO2/c1-13(20)16-11-15-9-5-6-10-17(15)19(18(16)21)12-14-7-3-2-4-8-14/h2-11H,12H2,1H3. The summed E-state index contributed by atoms with van der Waals surface area (Å²) in [5.41, 5.74) is 1.89. The molecule has 0 unspecified atom stereocenters. The van der Waals surface area contributed by atoms with Gasteiger partial charge < -0.3 is 4.57 Å². The van der Waals surface area contributed by atoms with Crippen LogP contribution in [0.1, 0.15) is 22.8 Å². The van der Waals surface area contributed by atoms with Crippen molar-refractivity contribution in [2.75, 3.05) is 0 Å². The molecule has 104 valence electrons. The van der Waals surface area contributed by atoms with E-state index in [0.29, 0.717) is 6.54 Å². The van der Waals surface area contributed by atoms with Gasteiger partial charge in [-0.1, -0.05) is 48.5 Å². The van der Waals surface area contributed by atoms with E-state index in [2.05, 4.69) is 0 Å². The van der Waals surface area contributed by atoms with E-state index in [-0.39, 0.29) is 16.9 Å². The first kappa shape index (κ1) is 13.3. The van der Waals surface area contributed by atoms with Crippen LogP contribution in [0.25, 0.3) is 10.9 Å². The van der Waals surface area contributed by atoms with Crippen molar-refractivity contribution in [3.8, 4) is 0 Å². The number of benzene rings is 2. The molecule has 0 radical (unpaired) electrons. The highest BCUT2D eigenvalue weighted by Gasteiger charge is 2.12. The summed E-state index contributed by atoms with van der Waals surface area (Å²) in [6, 6.07) is 19.1. The molecule has 0 N–H and O–H groups in total. The van der Waals surface area contributed by atoms with Crippen molar-refractivity contribution < 1.29 is 4.79 Å². The van der Waals surface area contributed by atoms with Crippen molar-refractivity contribution in [1.82, 2.24) is 4.57 Å². The lowest BCUT2D eigenvalue weighted by molar-refractivity contribution is 0.101. The highest BCUT2D eigenvalue weighted by Crippen LogP contribution is 2.15. The Labute approximate surface area is 122 Å². The second kappa shape index (κ2) is 5.37. The molecule has 1 aromatic heterocycles. The van der Waals surface area contributed by atoms with E-state index >= 15 is 0 Å². The molecule has 0 bridgehead atoms. The Kier molecular flexibility index (Phi) is 3.40. The Morgan fingerprint density at radius 2 is 1.67 bits per heavy atom. The maximum absolute atomic E-state index is 12.6. The van der Waals surface area contributed by atoms with E-state index < -0.39 is 0 Å². The summed E-state index contributed by atoms with van der Waals surface area (Å²) in [4.78, 5) is 24.3. The number of Topliss-reactive ketones (excluding diaryl/α,β-unsaturated/α-hetero) is 1. The largest absolute Gasteiger partial charge is 0.303 e. The first-order valence-electron chi connectivity index (χ1n) is 6.84. The van der Waals surface area contributed by atoms with Gasteiger partial charge in [0.05, 0.1) is 17.6 Å². The summed E-state index contributed by atoms with van der Waals surface area (Å²) in [6.07, 6.45) is 0. The monoisotopic (exact) mass is 277 g/mol. The second-order valence-corrected chi connectivity index (χ2v) is 5.05. The molecule has 0 saturated heterocycles. The maximum Gasteiger partial charge on any atom is 0.262 e. The number of para-hydroxylation sites is 1. The van der Waals surface area contributed by atoms with Gasteiger partial charge in [-0.15, -0.1) is 0 Å². The van der Waals surface area contributed by atoms with E-state index in [1.54, 1.807) is 10.6 Å². The van der Waals surface area contributed by atoms with Crippen LogP contribution in [0.5, 0.6) is 0 Å². The number of pyridine rings is 1. The van der Waals surface area contributed by atoms with Crippen LogP contribution >= 0.6 is 0 Å². The molecule has 3 nitrogen and oxygen atoms in total. The van der Waals surface area contributed by atoms with E-state index in [9.17, 15) is 9.59 Å². The quantitative estimate of drug-likeness (QED) is 0.689. The molecule has 0 saturated carbocycles. The Morgan fingerprint density at radius 1 is 1.00 bits per heavy atom. The minimum atomic E-state index is -0.231. The van der Waals surface area contributed by atoms with Crippen molar-refractivity contribution >= 4 is 16.7 Å². The number of rotatable bonds is 3. The molecule has 0 spiro atoms. The van der Waals surface area contributed by atoms with Crippen LogP contribution in [-0.2, 0) is 6.54 Å². The van der Waals surface area contributed by atoms with Crippen molar-refractivity contribution in [2.24, 2.45) is 0 Å². The summed E-state index contributed by atoms with van der Waals surface area (Å²) in [5.74, 6) is -0.201. The fourth-order valence-corrected chi connectivity index (χ4v) is 2.50.